The van der Waals surface area contributed by atoms with E-state index in [4.69, 9.17) is 4.43 Å². The van der Waals surface area contributed by atoms with Crippen molar-refractivity contribution in [3.05, 3.63) is 29.8 Å². The molecule has 0 heterocycles. The van der Waals surface area contributed by atoms with Crippen LogP contribution in [0, 0.1) is 5.92 Å². The number of carboxylic acid groups (broad SMARTS) is 1. The van der Waals surface area contributed by atoms with Gasteiger partial charge in [-0.1, -0.05) is 46.8 Å². The van der Waals surface area contributed by atoms with Crippen LogP contribution in [0.4, 0.5) is 0 Å². The number of aliphatic carboxylic acids is 1. The molecule has 0 spiro atoms. The van der Waals surface area contributed by atoms with Gasteiger partial charge in [-0.3, -0.25) is 4.79 Å². The summed E-state index contributed by atoms with van der Waals surface area (Å²) < 4.78 is 6.30. The molecule has 23 heavy (non-hydrogen) atoms. The van der Waals surface area contributed by atoms with Crippen LogP contribution in [0.5, 0.6) is 5.75 Å². The van der Waals surface area contributed by atoms with E-state index in [-0.39, 0.29) is 11.0 Å². The van der Waals surface area contributed by atoms with E-state index >= 15 is 0 Å². The maximum absolute atomic E-state index is 11.2. The highest BCUT2D eigenvalue weighted by molar-refractivity contribution is 6.74. The van der Waals surface area contributed by atoms with Gasteiger partial charge in [0.05, 0.1) is 0 Å². The summed E-state index contributed by atoms with van der Waals surface area (Å²) in [4.78, 5) is 11.2. The summed E-state index contributed by atoms with van der Waals surface area (Å²) in [5.41, 5.74) is 1.04. The molecule has 1 aromatic carbocycles. The predicted molar refractivity (Wildman–Crippen MR) is 97.4 cm³/mol. The molecule has 2 N–H and O–H groups in total. The SMILES string of the molecule is CC(C)C(NCc1cccc(O[Si](C)(C)C(C)(C)C)c1)C(=O)O. The summed E-state index contributed by atoms with van der Waals surface area (Å²) in [6.07, 6.45) is 0. The largest absolute Gasteiger partial charge is 0.543 e. The van der Waals surface area contributed by atoms with Crippen molar-refractivity contribution >= 4 is 14.3 Å². The topological polar surface area (TPSA) is 58.6 Å². The summed E-state index contributed by atoms with van der Waals surface area (Å²) in [6, 6.07) is 7.39. The summed E-state index contributed by atoms with van der Waals surface area (Å²) in [5, 5.41) is 12.5. The average Bonchev–Trinajstić information content (AvgIpc) is 2.36. The Hall–Kier alpha value is -1.33. The zero-order valence-corrected chi connectivity index (χ0v) is 16.4. The third-order valence-electron chi connectivity index (χ3n) is 4.54. The molecule has 0 amide bonds. The van der Waals surface area contributed by atoms with Gasteiger partial charge in [-0.25, -0.2) is 0 Å². The van der Waals surface area contributed by atoms with Crippen LogP contribution in [0.3, 0.4) is 0 Å². The Labute approximate surface area is 141 Å². The van der Waals surface area contributed by atoms with Crippen molar-refractivity contribution < 1.29 is 14.3 Å². The number of hydrogen-bond donors (Lipinski definition) is 2. The summed E-state index contributed by atoms with van der Waals surface area (Å²) in [6.45, 7) is 15.4. The molecular formula is C18H31NO3Si. The maximum Gasteiger partial charge on any atom is 0.320 e. The molecule has 0 radical (unpaired) electrons. The average molecular weight is 338 g/mol. The molecule has 0 bridgehead atoms. The van der Waals surface area contributed by atoms with E-state index in [0.29, 0.717) is 6.54 Å². The highest BCUT2D eigenvalue weighted by Crippen LogP contribution is 2.37. The van der Waals surface area contributed by atoms with E-state index in [1.807, 2.05) is 38.1 Å². The Morgan fingerprint density at radius 2 is 1.91 bits per heavy atom. The molecule has 1 unspecified atom stereocenters. The Morgan fingerprint density at radius 1 is 1.30 bits per heavy atom. The number of carbonyl (C=O) groups is 1. The number of hydrogen-bond acceptors (Lipinski definition) is 3. The van der Waals surface area contributed by atoms with E-state index in [0.717, 1.165) is 11.3 Å². The van der Waals surface area contributed by atoms with Crippen LogP contribution in [0.15, 0.2) is 24.3 Å². The molecule has 1 atom stereocenters. The molecule has 0 aliphatic rings. The monoisotopic (exact) mass is 337 g/mol. The molecule has 0 aliphatic carbocycles. The Morgan fingerprint density at radius 3 is 2.39 bits per heavy atom. The van der Waals surface area contributed by atoms with Crippen LogP contribution in [-0.2, 0) is 11.3 Å². The van der Waals surface area contributed by atoms with Crippen LogP contribution in [0.25, 0.3) is 0 Å². The van der Waals surface area contributed by atoms with Crippen molar-refractivity contribution in [3.63, 3.8) is 0 Å². The van der Waals surface area contributed by atoms with E-state index in [2.05, 4.69) is 39.2 Å². The molecule has 130 valence electrons. The first-order valence-corrected chi connectivity index (χ1v) is 11.1. The number of carboxylic acids is 1. The lowest BCUT2D eigenvalue weighted by atomic mass is 10.0. The van der Waals surface area contributed by atoms with Crippen LogP contribution in [-0.4, -0.2) is 25.4 Å². The van der Waals surface area contributed by atoms with E-state index in [1.165, 1.54) is 0 Å². The van der Waals surface area contributed by atoms with Crippen LogP contribution >= 0.6 is 0 Å². The lowest BCUT2D eigenvalue weighted by Crippen LogP contribution is -2.43. The first kappa shape index (κ1) is 19.7. The number of rotatable bonds is 7. The minimum Gasteiger partial charge on any atom is -0.543 e. The molecule has 1 rings (SSSR count). The van der Waals surface area contributed by atoms with Gasteiger partial charge in [0, 0.05) is 6.54 Å². The van der Waals surface area contributed by atoms with Crippen LogP contribution < -0.4 is 9.74 Å². The second kappa shape index (κ2) is 7.49. The molecule has 5 heteroatoms. The quantitative estimate of drug-likeness (QED) is 0.730. The lowest BCUT2D eigenvalue weighted by Gasteiger charge is -2.36. The summed E-state index contributed by atoms with van der Waals surface area (Å²) in [7, 11) is -1.86. The number of benzene rings is 1. The molecule has 0 aliphatic heterocycles. The maximum atomic E-state index is 11.2. The molecular weight excluding hydrogens is 306 g/mol. The second-order valence-electron chi connectivity index (χ2n) is 7.95. The minimum atomic E-state index is -1.86. The minimum absolute atomic E-state index is 0.0409. The third kappa shape index (κ3) is 5.66. The van der Waals surface area contributed by atoms with Gasteiger partial charge in [0.15, 0.2) is 0 Å². The molecule has 4 nitrogen and oxygen atoms in total. The predicted octanol–water partition coefficient (Wildman–Crippen LogP) is 4.27. The van der Waals surface area contributed by atoms with Gasteiger partial charge in [-0.15, -0.1) is 0 Å². The van der Waals surface area contributed by atoms with Gasteiger partial charge in [-0.2, -0.15) is 0 Å². The summed E-state index contributed by atoms with van der Waals surface area (Å²) >= 11 is 0. The van der Waals surface area contributed by atoms with Crippen molar-refractivity contribution in [1.82, 2.24) is 5.32 Å². The molecule has 0 saturated heterocycles. The fourth-order valence-electron chi connectivity index (χ4n) is 2.00. The Bertz CT molecular complexity index is 535. The molecule has 0 aromatic heterocycles. The number of nitrogens with one attached hydrogen (secondary N) is 1. The first-order valence-electron chi connectivity index (χ1n) is 8.18. The molecule has 0 saturated carbocycles. The zero-order valence-electron chi connectivity index (χ0n) is 15.4. The van der Waals surface area contributed by atoms with Gasteiger partial charge >= 0.3 is 5.97 Å². The normalized spacial score (nSPS) is 13.9. The van der Waals surface area contributed by atoms with Gasteiger partial charge in [0.2, 0.25) is 8.32 Å². The van der Waals surface area contributed by atoms with Crippen molar-refractivity contribution in [2.45, 2.75) is 65.3 Å². The molecule has 0 fully saturated rings. The van der Waals surface area contributed by atoms with Gasteiger partial charge in [0.1, 0.15) is 11.8 Å². The van der Waals surface area contributed by atoms with Crippen molar-refractivity contribution in [2.24, 2.45) is 5.92 Å². The van der Waals surface area contributed by atoms with Gasteiger partial charge in [-0.05, 0) is 41.7 Å². The second-order valence-corrected chi connectivity index (χ2v) is 12.7. The van der Waals surface area contributed by atoms with Gasteiger partial charge in [0.25, 0.3) is 0 Å². The van der Waals surface area contributed by atoms with Crippen molar-refractivity contribution in [1.29, 1.82) is 0 Å². The van der Waals surface area contributed by atoms with E-state index < -0.39 is 20.3 Å². The lowest BCUT2D eigenvalue weighted by molar-refractivity contribution is -0.140. The third-order valence-corrected chi connectivity index (χ3v) is 8.89. The van der Waals surface area contributed by atoms with Crippen LogP contribution in [0.2, 0.25) is 18.1 Å². The van der Waals surface area contributed by atoms with Gasteiger partial charge < -0.3 is 14.8 Å². The van der Waals surface area contributed by atoms with Crippen molar-refractivity contribution in [3.8, 4) is 5.75 Å². The van der Waals surface area contributed by atoms with Crippen molar-refractivity contribution in [2.75, 3.05) is 0 Å². The highest BCUT2D eigenvalue weighted by atomic mass is 28.4. The fourth-order valence-corrected chi connectivity index (χ4v) is 3.03. The fraction of sp³-hybridized carbons (Fsp3) is 0.611. The Kier molecular flexibility index (Phi) is 6.42. The smallest absolute Gasteiger partial charge is 0.320 e. The zero-order chi connectivity index (χ0) is 17.8. The standard InChI is InChI=1S/C18H31NO3Si/c1-13(2)16(17(20)21)19-12-14-9-8-10-15(11-14)22-23(6,7)18(3,4)5/h8-11,13,16,19H,12H2,1-7H3,(H,20,21). The summed E-state index contributed by atoms with van der Waals surface area (Å²) in [5.74, 6) is 0.0974. The molecule has 1 aromatic rings. The highest BCUT2D eigenvalue weighted by Gasteiger charge is 2.38. The first-order chi connectivity index (χ1) is 10.4. The van der Waals surface area contributed by atoms with E-state index in [1.54, 1.807) is 0 Å². The van der Waals surface area contributed by atoms with E-state index in [9.17, 15) is 9.90 Å². The Balaban J connectivity index is 2.80. The van der Waals surface area contributed by atoms with Crippen LogP contribution in [0.1, 0.15) is 40.2 Å².